The molecule has 4 rings (SSSR count). The van der Waals surface area contributed by atoms with Crippen LogP contribution < -0.4 is 19.5 Å². The van der Waals surface area contributed by atoms with E-state index in [0.29, 0.717) is 24.7 Å². The number of nitrogens with one attached hydrogen (secondary N) is 1. The molecule has 1 aliphatic heterocycles. The number of amides is 2. The van der Waals surface area contributed by atoms with Crippen molar-refractivity contribution in [2.45, 2.75) is 19.5 Å². The van der Waals surface area contributed by atoms with Crippen molar-refractivity contribution >= 4 is 11.7 Å². The largest absolute Gasteiger partial charge is 0.494 e. The molecule has 1 aliphatic rings. The summed E-state index contributed by atoms with van der Waals surface area (Å²) in [7, 11) is 3.22. The molecule has 2 heterocycles. The summed E-state index contributed by atoms with van der Waals surface area (Å²) < 4.78 is 18.5. The third-order valence-corrected chi connectivity index (χ3v) is 5.44. The van der Waals surface area contributed by atoms with E-state index in [1.807, 2.05) is 66.6 Å². The Morgan fingerprint density at radius 2 is 1.81 bits per heavy atom. The van der Waals surface area contributed by atoms with Crippen LogP contribution in [0.25, 0.3) is 0 Å². The molecule has 0 bridgehead atoms. The second-order valence-electron chi connectivity index (χ2n) is 7.22. The van der Waals surface area contributed by atoms with Crippen molar-refractivity contribution in [1.82, 2.24) is 9.47 Å². The molecule has 3 aromatic rings. The van der Waals surface area contributed by atoms with Gasteiger partial charge in [0.15, 0.2) is 11.5 Å². The Hall–Kier alpha value is -3.61. The van der Waals surface area contributed by atoms with Crippen LogP contribution in [0.2, 0.25) is 0 Å². The maximum Gasteiger partial charge on any atom is 0.322 e. The molecular weight excluding hydrogens is 394 g/mol. The minimum absolute atomic E-state index is 0.156. The monoisotopic (exact) mass is 421 g/mol. The molecule has 7 nitrogen and oxygen atoms in total. The fraction of sp³-hybridized carbons (Fsp3) is 0.292. The van der Waals surface area contributed by atoms with Gasteiger partial charge < -0.3 is 29.0 Å². The van der Waals surface area contributed by atoms with E-state index in [1.165, 1.54) is 0 Å². The number of hydrogen-bond acceptors (Lipinski definition) is 4. The first kappa shape index (κ1) is 20.7. The first-order chi connectivity index (χ1) is 15.1. The topological polar surface area (TPSA) is 65.0 Å². The zero-order chi connectivity index (χ0) is 21.8. The standard InChI is InChI=1S/C24H27N3O4/c1-4-31-19-10-8-18(9-11-19)25-24(28)27-15-14-26-13-5-6-20(26)23(27)17-7-12-21(29-2)22(16-17)30-3/h5-13,16,23H,4,14-15H2,1-3H3,(H,25,28)/t23-/m1/s1. The highest BCUT2D eigenvalue weighted by atomic mass is 16.5. The van der Waals surface area contributed by atoms with Crippen molar-refractivity contribution in [3.8, 4) is 17.2 Å². The van der Waals surface area contributed by atoms with Gasteiger partial charge in [-0.05, 0) is 61.0 Å². The average molecular weight is 421 g/mol. The molecule has 31 heavy (non-hydrogen) atoms. The Morgan fingerprint density at radius 1 is 1.03 bits per heavy atom. The summed E-state index contributed by atoms with van der Waals surface area (Å²) in [6.45, 7) is 3.87. The fourth-order valence-corrected chi connectivity index (χ4v) is 3.97. The van der Waals surface area contributed by atoms with Gasteiger partial charge in [0.25, 0.3) is 0 Å². The molecule has 2 aromatic carbocycles. The van der Waals surface area contributed by atoms with Crippen molar-refractivity contribution in [2.24, 2.45) is 0 Å². The Labute approximate surface area is 182 Å². The smallest absolute Gasteiger partial charge is 0.322 e. The lowest BCUT2D eigenvalue weighted by molar-refractivity contribution is 0.181. The second-order valence-corrected chi connectivity index (χ2v) is 7.22. The third kappa shape index (κ3) is 4.17. The molecule has 1 N–H and O–H groups in total. The lowest BCUT2D eigenvalue weighted by Gasteiger charge is -2.37. The van der Waals surface area contributed by atoms with Gasteiger partial charge in [-0.1, -0.05) is 6.07 Å². The van der Waals surface area contributed by atoms with E-state index >= 15 is 0 Å². The number of hydrogen-bond donors (Lipinski definition) is 1. The van der Waals surface area contributed by atoms with E-state index in [9.17, 15) is 4.79 Å². The predicted molar refractivity (Wildman–Crippen MR) is 119 cm³/mol. The third-order valence-electron chi connectivity index (χ3n) is 5.44. The van der Waals surface area contributed by atoms with Crippen LogP contribution in [0.4, 0.5) is 10.5 Å². The number of anilines is 1. The van der Waals surface area contributed by atoms with E-state index in [4.69, 9.17) is 14.2 Å². The van der Waals surface area contributed by atoms with Crippen LogP contribution in [-0.4, -0.2) is 42.9 Å². The van der Waals surface area contributed by atoms with E-state index in [2.05, 4.69) is 16.0 Å². The van der Waals surface area contributed by atoms with Crippen molar-refractivity contribution < 1.29 is 19.0 Å². The number of nitrogens with zero attached hydrogens (tertiary/aromatic N) is 2. The molecule has 0 saturated carbocycles. The zero-order valence-electron chi connectivity index (χ0n) is 18.0. The van der Waals surface area contributed by atoms with Crippen LogP contribution in [0, 0.1) is 0 Å². The van der Waals surface area contributed by atoms with Crippen LogP contribution in [0.5, 0.6) is 17.2 Å². The zero-order valence-corrected chi connectivity index (χ0v) is 18.0. The van der Waals surface area contributed by atoms with Gasteiger partial charge in [0.1, 0.15) is 5.75 Å². The lowest BCUT2D eigenvalue weighted by atomic mass is 9.99. The molecule has 0 spiro atoms. The minimum Gasteiger partial charge on any atom is -0.494 e. The van der Waals surface area contributed by atoms with Crippen molar-refractivity contribution in [1.29, 1.82) is 0 Å². The molecular formula is C24H27N3O4. The Kier molecular flexibility index (Phi) is 6.02. The predicted octanol–water partition coefficient (Wildman–Crippen LogP) is 4.54. The Balaban J connectivity index is 1.63. The maximum absolute atomic E-state index is 13.3. The summed E-state index contributed by atoms with van der Waals surface area (Å²) in [4.78, 5) is 15.1. The molecule has 0 saturated heterocycles. The summed E-state index contributed by atoms with van der Waals surface area (Å²) >= 11 is 0. The number of carbonyl (C=O) groups excluding carboxylic acids is 1. The van der Waals surface area contributed by atoms with Crippen LogP contribution >= 0.6 is 0 Å². The Bertz CT molecular complexity index is 1050. The fourth-order valence-electron chi connectivity index (χ4n) is 3.97. The van der Waals surface area contributed by atoms with E-state index in [-0.39, 0.29) is 12.1 Å². The van der Waals surface area contributed by atoms with Gasteiger partial charge in [-0.25, -0.2) is 4.79 Å². The molecule has 0 unspecified atom stereocenters. The lowest BCUT2D eigenvalue weighted by Crippen LogP contribution is -2.44. The maximum atomic E-state index is 13.3. The van der Waals surface area contributed by atoms with Crippen LogP contribution in [0.1, 0.15) is 24.2 Å². The summed E-state index contributed by atoms with van der Waals surface area (Å²) in [6, 6.07) is 16.9. The van der Waals surface area contributed by atoms with Crippen LogP contribution in [-0.2, 0) is 6.54 Å². The van der Waals surface area contributed by atoms with Gasteiger partial charge in [0.2, 0.25) is 0 Å². The Morgan fingerprint density at radius 3 is 2.52 bits per heavy atom. The molecule has 0 fully saturated rings. The van der Waals surface area contributed by atoms with Crippen molar-refractivity contribution in [3.05, 3.63) is 72.1 Å². The molecule has 2 amide bonds. The highest BCUT2D eigenvalue weighted by Gasteiger charge is 2.32. The highest BCUT2D eigenvalue weighted by molar-refractivity contribution is 5.90. The first-order valence-electron chi connectivity index (χ1n) is 10.3. The first-order valence-corrected chi connectivity index (χ1v) is 10.3. The van der Waals surface area contributed by atoms with E-state index in [0.717, 1.165) is 29.2 Å². The van der Waals surface area contributed by atoms with Crippen molar-refractivity contribution in [2.75, 3.05) is 32.7 Å². The number of benzene rings is 2. The quantitative estimate of drug-likeness (QED) is 0.635. The van der Waals surface area contributed by atoms with Crippen LogP contribution in [0.15, 0.2) is 60.8 Å². The van der Waals surface area contributed by atoms with Gasteiger partial charge in [-0.15, -0.1) is 0 Å². The van der Waals surface area contributed by atoms with Gasteiger partial charge in [-0.3, -0.25) is 0 Å². The highest BCUT2D eigenvalue weighted by Crippen LogP contribution is 2.37. The average Bonchev–Trinajstić information content (AvgIpc) is 3.28. The number of carbonyl (C=O) groups is 1. The summed E-state index contributed by atoms with van der Waals surface area (Å²) in [6.07, 6.45) is 2.05. The van der Waals surface area contributed by atoms with Crippen LogP contribution in [0.3, 0.4) is 0 Å². The van der Waals surface area contributed by atoms with Gasteiger partial charge in [0, 0.05) is 30.7 Å². The van der Waals surface area contributed by atoms with Gasteiger partial charge >= 0.3 is 6.03 Å². The van der Waals surface area contributed by atoms with Gasteiger partial charge in [-0.2, -0.15) is 0 Å². The second kappa shape index (κ2) is 9.04. The molecule has 7 heteroatoms. The van der Waals surface area contributed by atoms with Crippen molar-refractivity contribution in [3.63, 3.8) is 0 Å². The number of rotatable bonds is 6. The summed E-state index contributed by atoms with van der Waals surface area (Å²) in [5, 5.41) is 3.02. The number of methoxy groups -OCH3 is 2. The van der Waals surface area contributed by atoms with E-state index < -0.39 is 0 Å². The normalized spacial score (nSPS) is 15.2. The number of urea groups is 1. The van der Waals surface area contributed by atoms with E-state index in [1.54, 1.807) is 14.2 Å². The number of aromatic nitrogens is 1. The number of ether oxygens (including phenoxy) is 3. The summed E-state index contributed by atoms with van der Waals surface area (Å²) in [5.41, 5.74) is 2.74. The molecule has 1 aromatic heterocycles. The molecule has 1 atom stereocenters. The SMILES string of the molecule is CCOc1ccc(NC(=O)N2CCn3cccc3[C@H]2c2ccc(OC)c(OC)c2)cc1. The minimum atomic E-state index is -0.244. The summed E-state index contributed by atoms with van der Waals surface area (Å²) in [5.74, 6) is 2.07. The number of fused-ring (bicyclic) bond motifs is 1. The molecule has 162 valence electrons. The molecule has 0 radical (unpaired) electrons. The molecule has 0 aliphatic carbocycles. The van der Waals surface area contributed by atoms with Gasteiger partial charge in [0.05, 0.1) is 26.9 Å².